The van der Waals surface area contributed by atoms with E-state index < -0.39 is 0 Å². The summed E-state index contributed by atoms with van der Waals surface area (Å²) < 4.78 is 0. The maximum atomic E-state index is 8.83. The van der Waals surface area contributed by atoms with Crippen molar-refractivity contribution < 1.29 is 5.11 Å². The fraction of sp³-hybridized carbons (Fsp3) is 0.900. The number of nitrogens with one attached hydrogen (secondary N) is 1. The van der Waals surface area contributed by atoms with Crippen LogP contribution in [0.25, 0.3) is 0 Å². The molecule has 13 heavy (non-hydrogen) atoms. The van der Waals surface area contributed by atoms with Gasteiger partial charge in [0.15, 0.2) is 0 Å². The van der Waals surface area contributed by atoms with Crippen LogP contribution in [0.3, 0.4) is 0 Å². The quantitative estimate of drug-likeness (QED) is 0.645. The smallest absolute Gasteiger partial charge is 0.0950 e. The molecule has 0 saturated heterocycles. The Bertz CT molecular complexity index is 194. The van der Waals surface area contributed by atoms with Gasteiger partial charge in [-0.15, -0.1) is 0 Å². The molecule has 1 aliphatic carbocycles. The first-order valence-electron chi connectivity index (χ1n) is 5.00. The SMILES string of the molecule is CCC(C#N)NCC1(CCO)CC1. The molecular weight excluding hydrogens is 164 g/mol. The first-order valence-corrected chi connectivity index (χ1v) is 5.00. The summed E-state index contributed by atoms with van der Waals surface area (Å²) in [7, 11) is 0. The molecule has 2 N–H and O–H groups in total. The Labute approximate surface area is 79.8 Å². The van der Waals surface area contributed by atoms with Crippen molar-refractivity contribution in [2.24, 2.45) is 5.41 Å². The summed E-state index contributed by atoms with van der Waals surface area (Å²) in [6.45, 7) is 3.16. The van der Waals surface area contributed by atoms with Gasteiger partial charge in [-0.3, -0.25) is 0 Å². The molecule has 1 aliphatic rings. The lowest BCUT2D eigenvalue weighted by Gasteiger charge is -2.16. The molecule has 3 heteroatoms. The highest BCUT2D eigenvalue weighted by atomic mass is 16.3. The van der Waals surface area contributed by atoms with E-state index in [4.69, 9.17) is 10.4 Å². The summed E-state index contributed by atoms with van der Waals surface area (Å²) in [6.07, 6.45) is 4.12. The van der Waals surface area contributed by atoms with E-state index in [1.165, 1.54) is 12.8 Å². The summed E-state index contributed by atoms with van der Waals surface area (Å²) >= 11 is 0. The van der Waals surface area contributed by atoms with Crippen molar-refractivity contribution in [2.45, 2.75) is 38.6 Å². The number of hydrogen-bond donors (Lipinski definition) is 2. The van der Waals surface area contributed by atoms with Crippen LogP contribution in [0.2, 0.25) is 0 Å². The minimum atomic E-state index is -0.0174. The van der Waals surface area contributed by atoms with Crippen LogP contribution in [0.15, 0.2) is 0 Å². The summed E-state index contributed by atoms with van der Waals surface area (Å²) in [5.41, 5.74) is 0.318. The van der Waals surface area contributed by atoms with Gasteiger partial charge in [0, 0.05) is 13.2 Å². The second-order valence-electron chi connectivity index (χ2n) is 3.94. The molecule has 0 spiro atoms. The van der Waals surface area contributed by atoms with Gasteiger partial charge in [-0.25, -0.2) is 0 Å². The minimum absolute atomic E-state index is 0.0174. The zero-order chi connectivity index (χ0) is 9.73. The number of rotatable bonds is 6. The zero-order valence-electron chi connectivity index (χ0n) is 8.21. The third-order valence-corrected chi connectivity index (χ3v) is 2.89. The highest BCUT2D eigenvalue weighted by molar-refractivity contribution is 4.98. The van der Waals surface area contributed by atoms with Crippen LogP contribution in [0, 0.1) is 16.7 Å². The van der Waals surface area contributed by atoms with E-state index in [9.17, 15) is 0 Å². The third-order valence-electron chi connectivity index (χ3n) is 2.89. The number of nitriles is 1. The van der Waals surface area contributed by atoms with E-state index in [1.54, 1.807) is 0 Å². The van der Waals surface area contributed by atoms with E-state index >= 15 is 0 Å². The third kappa shape index (κ3) is 2.98. The molecule has 0 aromatic carbocycles. The van der Waals surface area contributed by atoms with Crippen LogP contribution in [-0.4, -0.2) is 24.3 Å². The molecule has 0 aromatic rings. The van der Waals surface area contributed by atoms with Gasteiger partial charge in [0.05, 0.1) is 12.1 Å². The largest absolute Gasteiger partial charge is 0.396 e. The number of nitrogens with zero attached hydrogens (tertiary/aromatic N) is 1. The molecule has 1 rings (SSSR count). The summed E-state index contributed by atoms with van der Waals surface area (Å²) in [5.74, 6) is 0. The predicted molar refractivity (Wildman–Crippen MR) is 51.1 cm³/mol. The van der Waals surface area contributed by atoms with Crippen molar-refractivity contribution in [1.82, 2.24) is 5.32 Å². The molecule has 0 aliphatic heterocycles. The maximum absolute atomic E-state index is 8.83. The van der Waals surface area contributed by atoms with Crippen molar-refractivity contribution in [3.8, 4) is 6.07 Å². The van der Waals surface area contributed by atoms with Crippen LogP contribution < -0.4 is 5.32 Å². The summed E-state index contributed by atoms with van der Waals surface area (Å²) in [5, 5.41) is 20.8. The molecule has 1 atom stereocenters. The van der Waals surface area contributed by atoms with Gasteiger partial charge < -0.3 is 10.4 Å². The molecule has 1 unspecified atom stereocenters. The van der Waals surface area contributed by atoms with Crippen LogP contribution in [0.1, 0.15) is 32.6 Å². The van der Waals surface area contributed by atoms with E-state index in [0.29, 0.717) is 5.41 Å². The van der Waals surface area contributed by atoms with Crippen LogP contribution >= 0.6 is 0 Å². The van der Waals surface area contributed by atoms with Gasteiger partial charge in [-0.1, -0.05) is 6.92 Å². The van der Waals surface area contributed by atoms with E-state index in [1.807, 2.05) is 6.92 Å². The molecule has 0 aromatic heterocycles. The Balaban J connectivity index is 2.22. The highest BCUT2D eigenvalue weighted by Crippen LogP contribution is 2.47. The molecule has 1 saturated carbocycles. The maximum Gasteiger partial charge on any atom is 0.0950 e. The standard InChI is InChI=1S/C10H18N2O/c1-2-9(7-11)12-8-10(3-4-10)5-6-13/h9,12-13H,2-6,8H2,1H3. The minimum Gasteiger partial charge on any atom is -0.396 e. The highest BCUT2D eigenvalue weighted by Gasteiger charge is 2.41. The van der Waals surface area contributed by atoms with Crippen LogP contribution in [0.5, 0.6) is 0 Å². The number of aliphatic hydroxyl groups excluding tert-OH is 1. The van der Waals surface area contributed by atoms with Crippen LogP contribution in [0.4, 0.5) is 0 Å². The lowest BCUT2D eigenvalue weighted by atomic mass is 10.0. The first-order chi connectivity index (χ1) is 6.26. The monoisotopic (exact) mass is 182 g/mol. The van der Waals surface area contributed by atoms with E-state index in [2.05, 4.69) is 11.4 Å². The molecule has 74 valence electrons. The Morgan fingerprint density at radius 1 is 1.62 bits per heavy atom. The van der Waals surface area contributed by atoms with Crippen molar-refractivity contribution in [2.75, 3.05) is 13.2 Å². The second-order valence-corrected chi connectivity index (χ2v) is 3.94. The Morgan fingerprint density at radius 2 is 2.31 bits per heavy atom. The van der Waals surface area contributed by atoms with Gasteiger partial charge in [0.1, 0.15) is 0 Å². The summed E-state index contributed by atoms with van der Waals surface area (Å²) in [6, 6.07) is 2.20. The Morgan fingerprint density at radius 3 is 2.69 bits per heavy atom. The number of hydrogen-bond acceptors (Lipinski definition) is 3. The van der Waals surface area contributed by atoms with Crippen LogP contribution in [-0.2, 0) is 0 Å². The van der Waals surface area contributed by atoms with Gasteiger partial charge in [-0.05, 0) is 31.1 Å². The van der Waals surface area contributed by atoms with Gasteiger partial charge in [-0.2, -0.15) is 5.26 Å². The fourth-order valence-electron chi connectivity index (χ4n) is 1.55. The van der Waals surface area contributed by atoms with Crippen molar-refractivity contribution in [3.05, 3.63) is 0 Å². The molecule has 0 radical (unpaired) electrons. The molecule has 0 heterocycles. The normalized spacial score (nSPS) is 20.7. The lowest BCUT2D eigenvalue weighted by molar-refractivity contribution is 0.244. The Kier molecular flexibility index (Phi) is 3.71. The second kappa shape index (κ2) is 4.59. The molecular formula is C10H18N2O. The first kappa shape index (κ1) is 10.5. The molecule has 0 amide bonds. The Hall–Kier alpha value is -0.590. The summed E-state index contributed by atoms with van der Waals surface area (Å²) in [4.78, 5) is 0. The van der Waals surface area contributed by atoms with Gasteiger partial charge in [0.2, 0.25) is 0 Å². The topological polar surface area (TPSA) is 56.0 Å². The van der Waals surface area contributed by atoms with Gasteiger partial charge >= 0.3 is 0 Å². The average molecular weight is 182 g/mol. The molecule has 0 bridgehead atoms. The van der Waals surface area contributed by atoms with Gasteiger partial charge in [0.25, 0.3) is 0 Å². The average Bonchev–Trinajstić information content (AvgIpc) is 2.88. The fourth-order valence-corrected chi connectivity index (χ4v) is 1.55. The molecule has 1 fully saturated rings. The molecule has 3 nitrogen and oxygen atoms in total. The lowest BCUT2D eigenvalue weighted by Crippen LogP contribution is -2.33. The van der Waals surface area contributed by atoms with Crippen molar-refractivity contribution >= 4 is 0 Å². The number of aliphatic hydroxyl groups is 1. The zero-order valence-corrected chi connectivity index (χ0v) is 8.21. The van der Waals surface area contributed by atoms with E-state index in [-0.39, 0.29) is 12.6 Å². The van der Waals surface area contributed by atoms with E-state index in [0.717, 1.165) is 19.4 Å². The van der Waals surface area contributed by atoms with Crippen molar-refractivity contribution in [3.63, 3.8) is 0 Å². The van der Waals surface area contributed by atoms with Crippen molar-refractivity contribution in [1.29, 1.82) is 5.26 Å². The predicted octanol–water partition coefficient (Wildman–Crippen LogP) is 1.04.